The normalized spacial score (nSPS) is 9.60. The lowest BCUT2D eigenvalue weighted by molar-refractivity contribution is -0.136. The maximum Gasteiger partial charge on any atom is 0.309 e. The molecular weight excluding hydrogens is 134 g/mol. The molecule has 0 saturated heterocycles. The van der Waals surface area contributed by atoms with Crippen LogP contribution in [0.2, 0.25) is 0 Å². The molecule has 5 nitrogen and oxygen atoms in total. The number of aromatic amines is 1. The molecule has 5 heteroatoms. The number of aromatic nitrogens is 2. The fraction of sp³-hybridized carbons (Fsp3) is 0.200. The van der Waals surface area contributed by atoms with Gasteiger partial charge in [0.15, 0.2) is 0 Å². The summed E-state index contributed by atoms with van der Waals surface area (Å²) in [6.45, 7) is 0. The Morgan fingerprint density at radius 1 is 1.90 bits per heavy atom. The SMILES string of the molecule is Nc1cn[nH]c1CC(=O)O. The Kier molecular flexibility index (Phi) is 1.57. The number of hydrogen-bond acceptors (Lipinski definition) is 3. The van der Waals surface area contributed by atoms with E-state index in [4.69, 9.17) is 10.8 Å². The number of anilines is 1. The molecule has 1 aromatic rings. The van der Waals surface area contributed by atoms with Gasteiger partial charge in [0, 0.05) is 0 Å². The number of nitrogens with one attached hydrogen (secondary N) is 1. The van der Waals surface area contributed by atoms with Crippen LogP contribution in [0.4, 0.5) is 5.69 Å². The second-order valence-electron chi connectivity index (χ2n) is 1.87. The lowest BCUT2D eigenvalue weighted by Gasteiger charge is -1.90. The van der Waals surface area contributed by atoms with Gasteiger partial charge in [-0.15, -0.1) is 0 Å². The summed E-state index contributed by atoms with van der Waals surface area (Å²) < 4.78 is 0. The molecule has 0 amide bonds. The molecule has 1 rings (SSSR count). The van der Waals surface area contributed by atoms with E-state index in [0.717, 1.165) is 0 Å². The summed E-state index contributed by atoms with van der Waals surface area (Å²) in [5, 5.41) is 14.3. The monoisotopic (exact) mass is 141 g/mol. The summed E-state index contributed by atoms with van der Waals surface area (Å²) in [5.74, 6) is -0.920. The Hall–Kier alpha value is -1.52. The van der Waals surface area contributed by atoms with Gasteiger partial charge in [-0.3, -0.25) is 9.89 Å². The Morgan fingerprint density at radius 3 is 3.00 bits per heavy atom. The second-order valence-corrected chi connectivity index (χ2v) is 1.87. The lowest BCUT2D eigenvalue weighted by atomic mass is 10.3. The van der Waals surface area contributed by atoms with Gasteiger partial charge in [-0.1, -0.05) is 0 Å². The molecule has 0 fully saturated rings. The third-order valence-electron chi connectivity index (χ3n) is 1.08. The quantitative estimate of drug-likeness (QED) is 0.523. The zero-order chi connectivity index (χ0) is 7.56. The van der Waals surface area contributed by atoms with Gasteiger partial charge < -0.3 is 10.8 Å². The van der Waals surface area contributed by atoms with Crippen LogP contribution in [-0.4, -0.2) is 21.3 Å². The van der Waals surface area contributed by atoms with Gasteiger partial charge in [-0.2, -0.15) is 5.10 Å². The minimum Gasteiger partial charge on any atom is -0.481 e. The fourth-order valence-electron chi connectivity index (χ4n) is 0.615. The van der Waals surface area contributed by atoms with Crippen molar-refractivity contribution in [1.29, 1.82) is 0 Å². The zero-order valence-corrected chi connectivity index (χ0v) is 5.16. The molecule has 4 N–H and O–H groups in total. The maximum absolute atomic E-state index is 10.1. The number of H-pyrrole nitrogens is 1. The number of hydrogen-bond donors (Lipinski definition) is 3. The topological polar surface area (TPSA) is 92.0 Å². The molecule has 1 aromatic heterocycles. The molecule has 0 atom stereocenters. The van der Waals surface area contributed by atoms with Crippen LogP contribution in [0.1, 0.15) is 5.69 Å². The number of nitrogen functional groups attached to an aromatic ring is 1. The highest BCUT2D eigenvalue weighted by Crippen LogP contribution is 2.05. The molecule has 1 heterocycles. The molecule has 0 aliphatic heterocycles. The Labute approximate surface area is 56.9 Å². The summed E-state index contributed by atoms with van der Waals surface area (Å²) in [5.41, 5.74) is 6.17. The van der Waals surface area contributed by atoms with Gasteiger partial charge in [0.25, 0.3) is 0 Å². The van der Waals surface area contributed by atoms with Crippen molar-refractivity contribution in [2.24, 2.45) is 0 Å². The molecule has 0 aliphatic carbocycles. The third-order valence-corrected chi connectivity index (χ3v) is 1.08. The Bertz CT molecular complexity index is 243. The Balaban J connectivity index is 2.74. The first-order valence-corrected chi connectivity index (χ1v) is 2.69. The first-order valence-electron chi connectivity index (χ1n) is 2.69. The van der Waals surface area contributed by atoms with E-state index in [1.165, 1.54) is 6.20 Å². The van der Waals surface area contributed by atoms with Crippen molar-refractivity contribution >= 4 is 11.7 Å². The smallest absolute Gasteiger partial charge is 0.309 e. The van der Waals surface area contributed by atoms with Gasteiger partial charge >= 0.3 is 5.97 Å². The summed E-state index contributed by atoms with van der Waals surface area (Å²) in [7, 11) is 0. The summed E-state index contributed by atoms with van der Waals surface area (Å²) >= 11 is 0. The van der Waals surface area contributed by atoms with E-state index in [9.17, 15) is 4.79 Å². The molecule has 0 aromatic carbocycles. The van der Waals surface area contributed by atoms with Crippen LogP contribution in [0.15, 0.2) is 6.20 Å². The molecule has 0 aliphatic rings. The van der Waals surface area contributed by atoms with Crippen molar-refractivity contribution in [2.75, 3.05) is 5.73 Å². The van der Waals surface area contributed by atoms with Gasteiger partial charge in [0.1, 0.15) is 0 Å². The molecular formula is C5H7N3O2. The van der Waals surface area contributed by atoms with E-state index < -0.39 is 5.97 Å². The van der Waals surface area contributed by atoms with E-state index >= 15 is 0 Å². The van der Waals surface area contributed by atoms with Crippen LogP contribution in [0.25, 0.3) is 0 Å². The molecule has 0 unspecified atom stereocenters. The van der Waals surface area contributed by atoms with Crippen LogP contribution in [-0.2, 0) is 11.2 Å². The first kappa shape index (κ1) is 6.60. The van der Waals surface area contributed by atoms with Crippen molar-refractivity contribution in [3.8, 4) is 0 Å². The standard InChI is InChI=1S/C5H7N3O2/c6-3-2-7-8-4(3)1-5(9)10/h2H,1,6H2,(H,7,8)(H,9,10). The van der Waals surface area contributed by atoms with E-state index in [0.29, 0.717) is 11.4 Å². The van der Waals surface area contributed by atoms with Crippen LogP contribution >= 0.6 is 0 Å². The van der Waals surface area contributed by atoms with Crippen molar-refractivity contribution in [3.05, 3.63) is 11.9 Å². The molecule has 0 saturated carbocycles. The van der Waals surface area contributed by atoms with E-state index in [1.54, 1.807) is 0 Å². The number of rotatable bonds is 2. The molecule has 0 radical (unpaired) electrons. The molecule has 0 bridgehead atoms. The average Bonchev–Trinajstić information content (AvgIpc) is 2.15. The largest absolute Gasteiger partial charge is 0.481 e. The van der Waals surface area contributed by atoms with E-state index in [1.807, 2.05) is 0 Å². The number of carbonyl (C=O) groups is 1. The highest BCUT2D eigenvalue weighted by Gasteiger charge is 2.04. The van der Waals surface area contributed by atoms with E-state index in [-0.39, 0.29) is 6.42 Å². The third kappa shape index (κ3) is 1.25. The fourth-order valence-corrected chi connectivity index (χ4v) is 0.615. The predicted octanol–water partition coefficient (Wildman–Crippen LogP) is -0.381. The van der Waals surface area contributed by atoms with Crippen molar-refractivity contribution in [1.82, 2.24) is 10.2 Å². The first-order chi connectivity index (χ1) is 4.70. The van der Waals surface area contributed by atoms with Crippen LogP contribution in [0.5, 0.6) is 0 Å². The van der Waals surface area contributed by atoms with Gasteiger partial charge in [-0.25, -0.2) is 0 Å². The Morgan fingerprint density at radius 2 is 2.60 bits per heavy atom. The minimum absolute atomic E-state index is 0.105. The highest BCUT2D eigenvalue weighted by molar-refractivity contribution is 5.71. The predicted molar refractivity (Wildman–Crippen MR) is 34.3 cm³/mol. The summed E-state index contributed by atoms with van der Waals surface area (Å²) in [6.07, 6.45) is 1.28. The van der Waals surface area contributed by atoms with Crippen molar-refractivity contribution in [2.45, 2.75) is 6.42 Å². The number of nitrogens with zero attached hydrogens (tertiary/aromatic N) is 1. The van der Waals surface area contributed by atoms with Crippen molar-refractivity contribution < 1.29 is 9.90 Å². The molecule has 54 valence electrons. The van der Waals surface area contributed by atoms with E-state index in [2.05, 4.69) is 10.2 Å². The molecule has 10 heavy (non-hydrogen) atoms. The van der Waals surface area contributed by atoms with Gasteiger partial charge in [-0.05, 0) is 0 Å². The number of carboxylic acids is 1. The van der Waals surface area contributed by atoms with Crippen LogP contribution in [0, 0.1) is 0 Å². The lowest BCUT2D eigenvalue weighted by Crippen LogP contribution is -2.02. The van der Waals surface area contributed by atoms with Crippen molar-refractivity contribution in [3.63, 3.8) is 0 Å². The van der Waals surface area contributed by atoms with Gasteiger partial charge in [0.2, 0.25) is 0 Å². The van der Waals surface area contributed by atoms with Gasteiger partial charge in [0.05, 0.1) is 24.0 Å². The minimum atomic E-state index is -0.920. The number of carboxylic acid groups (broad SMARTS) is 1. The zero-order valence-electron chi connectivity index (χ0n) is 5.16. The number of nitrogens with two attached hydrogens (primary N) is 1. The second kappa shape index (κ2) is 2.38. The maximum atomic E-state index is 10.1. The molecule has 0 spiro atoms. The number of aliphatic carboxylic acids is 1. The highest BCUT2D eigenvalue weighted by atomic mass is 16.4. The van der Waals surface area contributed by atoms with Crippen LogP contribution in [0.3, 0.4) is 0 Å². The van der Waals surface area contributed by atoms with Crippen LogP contribution < -0.4 is 5.73 Å². The average molecular weight is 141 g/mol. The summed E-state index contributed by atoms with van der Waals surface area (Å²) in [6, 6.07) is 0. The summed E-state index contributed by atoms with van der Waals surface area (Å²) in [4.78, 5) is 10.1.